The zero-order valence-electron chi connectivity index (χ0n) is 17.1. The maximum absolute atomic E-state index is 13.4. The number of aromatic nitrogens is 3. The zero-order chi connectivity index (χ0) is 20.7. The molecule has 3 aromatic rings. The van der Waals surface area contributed by atoms with Crippen LogP contribution in [-0.4, -0.2) is 32.7 Å². The molecule has 0 N–H and O–H groups in total. The Labute approximate surface area is 174 Å². The van der Waals surface area contributed by atoms with Gasteiger partial charge in [-0.25, -0.2) is 9.37 Å². The third-order valence-corrected chi connectivity index (χ3v) is 6.34. The minimum atomic E-state index is -0.312. The fourth-order valence-corrected chi connectivity index (χ4v) is 4.63. The molecule has 5 rings (SSSR count). The predicted octanol–water partition coefficient (Wildman–Crippen LogP) is 4.02. The molecule has 1 saturated heterocycles. The lowest BCUT2D eigenvalue weighted by atomic mass is 9.92. The first-order chi connectivity index (χ1) is 14.6. The van der Waals surface area contributed by atoms with Gasteiger partial charge in [0.25, 0.3) is 5.56 Å². The average molecular weight is 408 g/mol. The average Bonchev–Trinajstić information content (AvgIpc) is 3.17. The van der Waals surface area contributed by atoms with Gasteiger partial charge in [0, 0.05) is 43.4 Å². The van der Waals surface area contributed by atoms with Crippen molar-refractivity contribution in [1.29, 1.82) is 0 Å². The van der Waals surface area contributed by atoms with Gasteiger partial charge in [-0.1, -0.05) is 5.16 Å². The van der Waals surface area contributed by atoms with Gasteiger partial charge in [-0.05, 0) is 57.0 Å². The largest absolute Gasteiger partial charge is 0.377 e. The molecular weight excluding hydrogens is 383 g/mol. The maximum atomic E-state index is 13.4. The second-order valence-corrected chi connectivity index (χ2v) is 8.28. The SMILES string of the molecule is Cc1nc2n(c(=O)c1/C=C/N1CCC(c3noc4cc(F)ccc34)CC1)CCCC2. The van der Waals surface area contributed by atoms with Crippen LogP contribution in [0.15, 0.2) is 33.7 Å². The van der Waals surface area contributed by atoms with E-state index in [0.717, 1.165) is 74.3 Å². The molecule has 6 nitrogen and oxygen atoms in total. The number of hydrogen-bond donors (Lipinski definition) is 0. The van der Waals surface area contributed by atoms with Crippen LogP contribution in [0.1, 0.15) is 54.4 Å². The van der Waals surface area contributed by atoms with Crippen molar-refractivity contribution in [3.63, 3.8) is 0 Å². The number of hydrogen-bond acceptors (Lipinski definition) is 5. The van der Waals surface area contributed by atoms with E-state index >= 15 is 0 Å². The summed E-state index contributed by atoms with van der Waals surface area (Å²) in [6.45, 7) is 4.43. The molecule has 0 spiro atoms. The normalized spacial score (nSPS) is 17.7. The molecule has 0 atom stereocenters. The lowest BCUT2D eigenvalue weighted by Crippen LogP contribution is -2.31. The summed E-state index contributed by atoms with van der Waals surface area (Å²) in [7, 11) is 0. The predicted molar refractivity (Wildman–Crippen MR) is 113 cm³/mol. The number of fused-ring (bicyclic) bond motifs is 2. The van der Waals surface area contributed by atoms with Crippen LogP contribution in [0.25, 0.3) is 17.0 Å². The molecule has 0 radical (unpaired) electrons. The molecule has 2 aliphatic heterocycles. The Morgan fingerprint density at radius 2 is 2.03 bits per heavy atom. The summed E-state index contributed by atoms with van der Waals surface area (Å²) < 4.78 is 20.5. The summed E-state index contributed by atoms with van der Waals surface area (Å²) in [5.74, 6) is 0.897. The molecule has 4 heterocycles. The molecule has 0 bridgehead atoms. The molecule has 1 fully saturated rings. The topological polar surface area (TPSA) is 64.2 Å². The summed E-state index contributed by atoms with van der Waals surface area (Å²) in [4.78, 5) is 19.8. The first-order valence-electron chi connectivity index (χ1n) is 10.7. The Bertz CT molecular complexity index is 1170. The second-order valence-electron chi connectivity index (χ2n) is 8.28. The Morgan fingerprint density at radius 3 is 2.87 bits per heavy atom. The van der Waals surface area contributed by atoms with Crippen LogP contribution in [-0.2, 0) is 13.0 Å². The van der Waals surface area contributed by atoms with Gasteiger partial charge in [0.05, 0.1) is 17.0 Å². The first-order valence-corrected chi connectivity index (χ1v) is 10.7. The molecule has 30 heavy (non-hydrogen) atoms. The van der Waals surface area contributed by atoms with Crippen LogP contribution in [0.3, 0.4) is 0 Å². The monoisotopic (exact) mass is 408 g/mol. The van der Waals surface area contributed by atoms with E-state index in [9.17, 15) is 9.18 Å². The minimum Gasteiger partial charge on any atom is -0.377 e. The van der Waals surface area contributed by atoms with Crippen molar-refractivity contribution in [2.75, 3.05) is 13.1 Å². The fourth-order valence-electron chi connectivity index (χ4n) is 4.63. The highest BCUT2D eigenvalue weighted by Crippen LogP contribution is 2.32. The van der Waals surface area contributed by atoms with Crippen LogP contribution < -0.4 is 5.56 Å². The summed E-state index contributed by atoms with van der Waals surface area (Å²) in [5.41, 5.74) is 2.99. The number of benzene rings is 1. The smallest absolute Gasteiger partial charge is 0.261 e. The Morgan fingerprint density at radius 1 is 1.20 bits per heavy atom. The molecule has 156 valence electrons. The number of likely N-dealkylation sites (tertiary alicyclic amines) is 1. The van der Waals surface area contributed by atoms with Crippen molar-refractivity contribution in [1.82, 2.24) is 19.6 Å². The van der Waals surface area contributed by atoms with Gasteiger partial charge in [-0.2, -0.15) is 0 Å². The number of rotatable bonds is 3. The van der Waals surface area contributed by atoms with Gasteiger partial charge < -0.3 is 9.42 Å². The molecule has 0 saturated carbocycles. The number of halogens is 1. The van der Waals surface area contributed by atoms with Crippen LogP contribution in [0.4, 0.5) is 4.39 Å². The Hall–Kier alpha value is -2.96. The van der Waals surface area contributed by atoms with Gasteiger partial charge >= 0.3 is 0 Å². The molecule has 2 aliphatic rings. The van der Waals surface area contributed by atoms with Crippen LogP contribution in [0.5, 0.6) is 0 Å². The Balaban J connectivity index is 1.29. The highest BCUT2D eigenvalue weighted by Gasteiger charge is 2.24. The molecule has 7 heteroatoms. The van der Waals surface area contributed by atoms with E-state index in [1.165, 1.54) is 12.1 Å². The molecule has 0 amide bonds. The summed E-state index contributed by atoms with van der Waals surface area (Å²) in [6, 6.07) is 4.59. The lowest BCUT2D eigenvalue weighted by Gasteiger charge is -2.30. The summed E-state index contributed by atoms with van der Waals surface area (Å²) in [6.07, 6.45) is 8.84. The van der Waals surface area contributed by atoms with Gasteiger partial charge in [-0.3, -0.25) is 9.36 Å². The third-order valence-electron chi connectivity index (χ3n) is 6.34. The standard InChI is InChI=1S/C23H25FN4O2/c1-15-18(23(29)28-10-3-2-4-21(28)25-15)9-13-27-11-7-16(8-12-27)22-19-6-5-17(24)14-20(19)30-26-22/h5-6,9,13-14,16H,2-4,7-8,10-12H2,1H3/b13-9+. The summed E-state index contributed by atoms with van der Waals surface area (Å²) in [5, 5.41) is 5.11. The number of nitrogens with zero attached hydrogens (tertiary/aromatic N) is 4. The highest BCUT2D eigenvalue weighted by atomic mass is 19.1. The van der Waals surface area contributed by atoms with Gasteiger partial charge in [-0.15, -0.1) is 0 Å². The molecule has 1 aromatic carbocycles. The Kier molecular flexibility index (Phi) is 4.89. The van der Waals surface area contributed by atoms with Crippen molar-refractivity contribution in [3.05, 3.63) is 63.3 Å². The lowest BCUT2D eigenvalue weighted by molar-refractivity contribution is 0.279. The van der Waals surface area contributed by atoms with Gasteiger partial charge in [0.1, 0.15) is 11.6 Å². The summed E-state index contributed by atoms with van der Waals surface area (Å²) >= 11 is 0. The zero-order valence-corrected chi connectivity index (χ0v) is 17.1. The van der Waals surface area contributed by atoms with Gasteiger partial charge in [0.15, 0.2) is 5.58 Å². The first kappa shape index (κ1) is 19.0. The van der Waals surface area contributed by atoms with Crippen LogP contribution in [0, 0.1) is 12.7 Å². The second kappa shape index (κ2) is 7.70. The van der Waals surface area contributed by atoms with E-state index in [-0.39, 0.29) is 11.4 Å². The molecule has 2 aromatic heterocycles. The van der Waals surface area contributed by atoms with Crippen molar-refractivity contribution in [2.45, 2.75) is 51.5 Å². The highest BCUT2D eigenvalue weighted by molar-refractivity contribution is 5.79. The van der Waals surface area contributed by atoms with E-state index in [4.69, 9.17) is 4.52 Å². The van der Waals surface area contributed by atoms with Gasteiger partial charge in [0.2, 0.25) is 0 Å². The van der Waals surface area contributed by atoms with E-state index in [1.807, 2.05) is 23.8 Å². The molecule has 0 aliphatic carbocycles. The fraction of sp³-hybridized carbons (Fsp3) is 0.435. The van der Waals surface area contributed by atoms with E-state index in [1.54, 1.807) is 6.07 Å². The number of aryl methyl sites for hydroxylation is 2. The third kappa shape index (κ3) is 3.42. The molecule has 0 unspecified atom stereocenters. The quantitative estimate of drug-likeness (QED) is 0.655. The van der Waals surface area contributed by atoms with Crippen LogP contribution in [0.2, 0.25) is 0 Å². The minimum absolute atomic E-state index is 0.0737. The van der Waals surface area contributed by atoms with E-state index in [0.29, 0.717) is 17.1 Å². The van der Waals surface area contributed by atoms with Crippen molar-refractivity contribution < 1.29 is 8.91 Å². The van der Waals surface area contributed by atoms with Crippen LogP contribution >= 0.6 is 0 Å². The van der Waals surface area contributed by atoms with E-state index < -0.39 is 0 Å². The van der Waals surface area contributed by atoms with Crippen molar-refractivity contribution in [3.8, 4) is 0 Å². The van der Waals surface area contributed by atoms with E-state index in [2.05, 4.69) is 15.0 Å². The van der Waals surface area contributed by atoms with Crippen molar-refractivity contribution >= 4 is 17.0 Å². The maximum Gasteiger partial charge on any atom is 0.261 e. The van der Waals surface area contributed by atoms with Crippen molar-refractivity contribution in [2.24, 2.45) is 0 Å². The molecular formula is C23H25FN4O2. The number of piperidine rings is 1.